The smallest absolute Gasteiger partial charge is 0.259 e. The van der Waals surface area contributed by atoms with E-state index in [9.17, 15) is 9.90 Å². The lowest BCUT2D eigenvalue weighted by atomic mass is 9.91. The summed E-state index contributed by atoms with van der Waals surface area (Å²) in [6.07, 6.45) is 0.399. The summed E-state index contributed by atoms with van der Waals surface area (Å²) in [4.78, 5) is 13.3. The topological polar surface area (TPSA) is 66.6 Å². The number of nitrogen functional groups attached to an aromatic ring is 1. The van der Waals surface area contributed by atoms with Crippen LogP contribution in [0.3, 0.4) is 0 Å². The molecule has 0 radical (unpaired) electrons. The van der Waals surface area contributed by atoms with Gasteiger partial charge in [-0.25, -0.2) is 0 Å². The molecular weight excluding hydrogens is 192 g/mol. The summed E-state index contributed by atoms with van der Waals surface area (Å²) in [5, 5.41) is 10.3. The van der Waals surface area contributed by atoms with Gasteiger partial charge in [-0.1, -0.05) is 18.2 Å². The minimum atomic E-state index is -1.43. The Kier molecular flexibility index (Phi) is 2.16. The number of carbonyl (C=O) groups is 1. The molecule has 0 saturated carbocycles. The third kappa shape index (κ3) is 1.37. The highest BCUT2D eigenvalue weighted by molar-refractivity contribution is 5.89. The largest absolute Gasteiger partial charge is 0.398 e. The Morgan fingerprint density at radius 2 is 2.13 bits per heavy atom. The average molecular weight is 206 g/mol. The normalized spacial score (nSPS) is 26.0. The summed E-state index contributed by atoms with van der Waals surface area (Å²) >= 11 is 0. The van der Waals surface area contributed by atoms with E-state index in [1.165, 1.54) is 4.90 Å². The zero-order chi connectivity index (χ0) is 11.1. The summed E-state index contributed by atoms with van der Waals surface area (Å²) in [6.45, 7) is 0.559. The van der Waals surface area contributed by atoms with Crippen LogP contribution < -0.4 is 5.73 Å². The molecule has 3 N–H and O–H groups in total. The molecule has 1 aromatic carbocycles. The summed E-state index contributed by atoms with van der Waals surface area (Å²) in [6, 6.07) is 6.95. The summed E-state index contributed by atoms with van der Waals surface area (Å²) in [7, 11) is 1.68. The van der Waals surface area contributed by atoms with Crippen LogP contribution in [0.2, 0.25) is 0 Å². The Hall–Kier alpha value is -1.55. The fourth-order valence-electron chi connectivity index (χ4n) is 1.98. The molecule has 0 spiro atoms. The lowest BCUT2D eigenvalue weighted by Gasteiger charge is -2.22. The second-order valence-corrected chi connectivity index (χ2v) is 3.92. The van der Waals surface area contributed by atoms with Gasteiger partial charge in [-0.05, 0) is 6.07 Å². The molecule has 1 amide bonds. The van der Waals surface area contributed by atoms with E-state index >= 15 is 0 Å². The number of benzene rings is 1. The molecule has 1 fully saturated rings. The molecule has 1 heterocycles. The van der Waals surface area contributed by atoms with Crippen molar-refractivity contribution >= 4 is 11.6 Å². The van der Waals surface area contributed by atoms with E-state index in [1.807, 2.05) is 0 Å². The molecule has 1 aliphatic rings. The van der Waals surface area contributed by atoms with Gasteiger partial charge in [0.2, 0.25) is 0 Å². The van der Waals surface area contributed by atoms with E-state index in [2.05, 4.69) is 0 Å². The zero-order valence-electron chi connectivity index (χ0n) is 8.60. The first kappa shape index (κ1) is 9.98. The van der Waals surface area contributed by atoms with Gasteiger partial charge in [0.15, 0.2) is 5.60 Å². The van der Waals surface area contributed by atoms with Crippen LogP contribution in [0.1, 0.15) is 12.0 Å². The Bertz CT molecular complexity index is 405. The van der Waals surface area contributed by atoms with Gasteiger partial charge in [0, 0.05) is 31.3 Å². The van der Waals surface area contributed by atoms with Crippen LogP contribution in [0.25, 0.3) is 0 Å². The molecule has 0 bridgehead atoms. The van der Waals surface area contributed by atoms with Gasteiger partial charge in [-0.2, -0.15) is 0 Å². The molecule has 1 aliphatic heterocycles. The summed E-state index contributed by atoms with van der Waals surface area (Å²) < 4.78 is 0. The molecule has 1 aromatic rings. The quantitative estimate of drug-likeness (QED) is 0.650. The highest BCUT2D eigenvalue weighted by Gasteiger charge is 2.45. The maximum Gasteiger partial charge on any atom is 0.259 e. The SMILES string of the molecule is CN1CCC(O)(c2ccccc2N)C1=O. The average Bonchev–Trinajstić information content (AvgIpc) is 2.48. The number of nitrogens with two attached hydrogens (primary N) is 1. The van der Waals surface area contributed by atoms with Gasteiger partial charge in [0.05, 0.1) is 0 Å². The Morgan fingerprint density at radius 3 is 2.67 bits per heavy atom. The first-order valence-electron chi connectivity index (χ1n) is 4.88. The highest BCUT2D eigenvalue weighted by Crippen LogP contribution is 2.35. The van der Waals surface area contributed by atoms with Crippen LogP contribution >= 0.6 is 0 Å². The summed E-state index contributed by atoms with van der Waals surface area (Å²) in [5.74, 6) is -0.277. The maximum atomic E-state index is 11.8. The fraction of sp³-hybridized carbons (Fsp3) is 0.364. The van der Waals surface area contributed by atoms with Crippen LogP contribution in [-0.4, -0.2) is 29.5 Å². The lowest BCUT2D eigenvalue weighted by molar-refractivity contribution is -0.142. The van der Waals surface area contributed by atoms with Gasteiger partial charge in [-0.3, -0.25) is 4.79 Å². The van der Waals surface area contributed by atoms with Crippen molar-refractivity contribution in [1.82, 2.24) is 4.90 Å². The molecule has 0 aromatic heterocycles. The van der Waals surface area contributed by atoms with Crippen molar-refractivity contribution in [2.24, 2.45) is 0 Å². The Labute approximate surface area is 88.3 Å². The molecular formula is C11H14N2O2. The minimum absolute atomic E-state index is 0.277. The highest BCUT2D eigenvalue weighted by atomic mass is 16.3. The number of hydrogen-bond donors (Lipinski definition) is 2. The third-order valence-corrected chi connectivity index (χ3v) is 2.92. The van der Waals surface area contributed by atoms with E-state index in [0.29, 0.717) is 24.2 Å². The number of hydrogen-bond acceptors (Lipinski definition) is 3. The predicted molar refractivity (Wildman–Crippen MR) is 57.0 cm³/mol. The number of likely N-dealkylation sites (tertiary alicyclic amines) is 1. The van der Waals surface area contributed by atoms with Crippen molar-refractivity contribution in [2.45, 2.75) is 12.0 Å². The van der Waals surface area contributed by atoms with Crippen molar-refractivity contribution < 1.29 is 9.90 Å². The van der Waals surface area contributed by atoms with Crippen molar-refractivity contribution in [3.63, 3.8) is 0 Å². The predicted octanol–water partition coefficient (Wildman–Crippen LogP) is 0.319. The number of para-hydroxylation sites is 1. The standard InChI is InChI=1S/C11H14N2O2/c1-13-7-6-11(15,10(13)14)8-4-2-3-5-9(8)12/h2-5,15H,6-7,12H2,1H3. The molecule has 15 heavy (non-hydrogen) atoms. The van der Waals surface area contributed by atoms with E-state index in [1.54, 1.807) is 31.3 Å². The van der Waals surface area contributed by atoms with Crippen LogP contribution in [-0.2, 0) is 10.4 Å². The Balaban J connectivity index is 2.47. The number of rotatable bonds is 1. The Morgan fingerprint density at radius 1 is 1.47 bits per heavy atom. The van der Waals surface area contributed by atoms with Crippen molar-refractivity contribution in [2.75, 3.05) is 19.3 Å². The molecule has 4 heteroatoms. The van der Waals surface area contributed by atoms with Gasteiger partial charge < -0.3 is 15.7 Å². The third-order valence-electron chi connectivity index (χ3n) is 2.92. The zero-order valence-corrected chi connectivity index (χ0v) is 8.60. The monoisotopic (exact) mass is 206 g/mol. The number of nitrogens with zero attached hydrogens (tertiary/aromatic N) is 1. The number of amides is 1. The van der Waals surface area contributed by atoms with Crippen LogP contribution in [0.5, 0.6) is 0 Å². The molecule has 1 atom stereocenters. The number of carbonyl (C=O) groups excluding carboxylic acids is 1. The molecule has 1 unspecified atom stereocenters. The van der Waals surface area contributed by atoms with E-state index in [-0.39, 0.29) is 5.91 Å². The number of aliphatic hydroxyl groups is 1. The molecule has 0 aliphatic carbocycles. The van der Waals surface area contributed by atoms with Crippen LogP contribution in [0.15, 0.2) is 24.3 Å². The molecule has 80 valence electrons. The second-order valence-electron chi connectivity index (χ2n) is 3.92. The van der Waals surface area contributed by atoms with Gasteiger partial charge in [0.1, 0.15) is 0 Å². The van der Waals surface area contributed by atoms with Gasteiger partial charge in [-0.15, -0.1) is 0 Å². The minimum Gasteiger partial charge on any atom is -0.398 e. The molecule has 1 saturated heterocycles. The first-order valence-corrected chi connectivity index (χ1v) is 4.88. The number of likely N-dealkylation sites (N-methyl/N-ethyl adjacent to an activating group) is 1. The van der Waals surface area contributed by atoms with Crippen molar-refractivity contribution in [1.29, 1.82) is 0 Å². The number of anilines is 1. The summed E-state index contributed by atoms with van der Waals surface area (Å²) in [5.41, 5.74) is 5.31. The van der Waals surface area contributed by atoms with Gasteiger partial charge >= 0.3 is 0 Å². The van der Waals surface area contributed by atoms with Crippen molar-refractivity contribution in [3.8, 4) is 0 Å². The second kappa shape index (κ2) is 3.24. The van der Waals surface area contributed by atoms with Crippen LogP contribution in [0, 0.1) is 0 Å². The van der Waals surface area contributed by atoms with Crippen molar-refractivity contribution in [3.05, 3.63) is 29.8 Å². The van der Waals surface area contributed by atoms with Gasteiger partial charge in [0.25, 0.3) is 5.91 Å². The van der Waals surface area contributed by atoms with Crippen LogP contribution in [0.4, 0.5) is 5.69 Å². The van der Waals surface area contributed by atoms with E-state index in [4.69, 9.17) is 5.73 Å². The lowest BCUT2D eigenvalue weighted by Crippen LogP contribution is -2.36. The maximum absolute atomic E-state index is 11.8. The first-order chi connectivity index (χ1) is 7.05. The molecule has 2 rings (SSSR count). The van der Waals surface area contributed by atoms with E-state index < -0.39 is 5.60 Å². The fourth-order valence-corrected chi connectivity index (χ4v) is 1.98. The van der Waals surface area contributed by atoms with E-state index in [0.717, 1.165) is 0 Å². The molecule has 4 nitrogen and oxygen atoms in total.